The minimum atomic E-state index is -0.623. The summed E-state index contributed by atoms with van der Waals surface area (Å²) in [5.74, 6) is -0.0280. The van der Waals surface area contributed by atoms with Crippen molar-refractivity contribution in [3.8, 4) is 11.5 Å². The molecule has 130 valence electrons. The zero-order chi connectivity index (χ0) is 17.4. The highest BCUT2D eigenvalue weighted by Gasteiger charge is 2.24. The number of carbonyl (C=O) groups excluding carboxylic acids is 2. The molecule has 1 aromatic carbocycles. The highest BCUT2D eigenvalue weighted by atomic mass is 35.5. The van der Waals surface area contributed by atoms with Gasteiger partial charge in [-0.25, -0.2) is 4.79 Å². The number of amides is 1. The predicted molar refractivity (Wildman–Crippen MR) is 91.3 cm³/mol. The molecular weight excluding hydrogens is 366 g/mol. The van der Waals surface area contributed by atoms with Gasteiger partial charge in [-0.3, -0.25) is 4.79 Å². The lowest BCUT2D eigenvalue weighted by atomic mass is 10.1. The third-order valence-corrected chi connectivity index (χ3v) is 5.45. The number of ether oxygens (including phenoxy) is 3. The quantitative estimate of drug-likeness (QED) is 0.767. The van der Waals surface area contributed by atoms with E-state index in [2.05, 4.69) is 0 Å². The lowest BCUT2D eigenvalue weighted by molar-refractivity contribution is -0.135. The number of thiophene rings is 1. The van der Waals surface area contributed by atoms with Gasteiger partial charge in [0, 0.05) is 18.0 Å². The Labute approximate surface area is 152 Å². The molecular formula is C17H14ClNO5S. The molecule has 6 nitrogen and oxygen atoms in total. The summed E-state index contributed by atoms with van der Waals surface area (Å²) in [5, 5.41) is 2.30. The van der Waals surface area contributed by atoms with E-state index in [4.69, 9.17) is 25.8 Å². The van der Waals surface area contributed by atoms with Crippen molar-refractivity contribution in [3.05, 3.63) is 44.6 Å². The summed E-state index contributed by atoms with van der Waals surface area (Å²) in [5.41, 5.74) is 1.39. The summed E-state index contributed by atoms with van der Waals surface area (Å²) < 4.78 is 15.6. The van der Waals surface area contributed by atoms with Crippen molar-refractivity contribution in [1.29, 1.82) is 0 Å². The molecule has 0 bridgehead atoms. The van der Waals surface area contributed by atoms with Crippen molar-refractivity contribution in [3.63, 3.8) is 0 Å². The number of nitrogens with zero attached hydrogens (tertiary/aromatic N) is 1. The third-order valence-electron chi connectivity index (χ3n) is 4.15. The van der Waals surface area contributed by atoms with Crippen LogP contribution in [-0.2, 0) is 22.5 Å². The van der Waals surface area contributed by atoms with Crippen LogP contribution in [0.2, 0.25) is 5.02 Å². The van der Waals surface area contributed by atoms with Crippen molar-refractivity contribution < 1.29 is 23.8 Å². The first-order chi connectivity index (χ1) is 12.1. The number of halogens is 1. The molecule has 0 saturated carbocycles. The maximum Gasteiger partial charge on any atom is 0.338 e. The van der Waals surface area contributed by atoms with Crippen molar-refractivity contribution in [2.24, 2.45) is 0 Å². The molecule has 0 saturated heterocycles. The van der Waals surface area contributed by atoms with E-state index < -0.39 is 5.97 Å². The number of benzene rings is 1. The molecule has 2 aromatic rings. The van der Waals surface area contributed by atoms with Gasteiger partial charge in [-0.15, -0.1) is 11.3 Å². The topological polar surface area (TPSA) is 65.1 Å². The van der Waals surface area contributed by atoms with E-state index in [-0.39, 0.29) is 29.9 Å². The van der Waals surface area contributed by atoms with Crippen LogP contribution in [0.15, 0.2) is 23.6 Å². The van der Waals surface area contributed by atoms with Gasteiger partial charge in [0.05, 0.1) is 10.6 Å². The van der Waals surface area contributed by atoms with E-state index in [0.717, 1.165) is 6.42 Å². The molecule has 1 aromatic heterocycles. The molecule has 2 aliphatic heterocycles. The molecule has 0 aliphatic carbocycles. The summed E-state index contributed by atoms with van der Waals surface area (Å²) in [6, 6.07) is 4.97. The second-order valence-corrected chi connectivity index (χ2v) is 7.11. The number of hydrogen-bond acceptors (Lipinski definition) is 6. The van der Waals surface area contributed by atoms with E-state index in [9.17, 15) is 9.59 Å². The van der Waals surface area contributed by atoms with Crippen LogP contribution in [0, 0.1) is 0 Å². The minimum absolute atomic E-state index is 0.0611. The van der Waals surface area contributed by atoms with Crippen LogP contribution in [0.4, 0.5) is 0 Å². The Morgan fingerprint density at radius 2 is 2.20 bits per heavy atom. The summed E-state index contributed by atoms with van der Waals surface area (Å²) in [6.07, 6.45) is 0.838. The van der Waals surface area contributed by atoms with Gasteiger partial charge in [0.1, 0.15) is 0 Å². The minimum Gasteiger partial charge on any atom is -0.454 e. The molecule has 0 N–H and O–H groups in total. The van der Waals surface area contributed by atoms with Gasteiger partial charge in [0.25, 0.3) is 5.91 Å². The molecule has 0 fully saturated rings. The van der Waals surface area contributed by atoms with Crippen LogP contribution in [0.1, 0.15) is 20.8 Å². The Morgan fingerprint density at radius 1 is 1.32 bits per heavy atom. The number of rotatable bonds is 3. The highest BCUT2D eigenvalue weighted by molar-refractivity contribution is 7.10. The smallest absolute Gasteiger partial charge is 0.338 e. The zero-order valence-electron chi connectivity index (χ0n) is 13.1. The van der Waals surface area contributed by atoms with Crippen LogP contribution in [-0.4, -0.2) is 36.7 Å². The molecule has 3 heterocycles. The Hall–Kier alpha value is -2.25. The summed E-state index contributed by atoms with van der Waals surface area (Å²) in [4.78, 5) is 27.5. The Bertz CT molecular complexity index is 850. The summed E-state index contributed by atoms with van der Waals surface area (Å²) in [7, 11) is 0. The lowest BCUT2D eigenvalue weighted by Gasteiger charge is -2.26. The number of carbonyl (C=O) groups is 2. The molecule has 4 rings (SSSR count). The van der Waals surface area contributed by atoms with Gasteiger partial charge in [-0.1, -0.05) is 11.6 Å². The summed E-state index contributed by atoms with van der Waals surface area (Å²) >= 11 is 7.76. The van der Waals surface area contributed by atoms with Crippen molar-refractivity contribution in [1.82, 2.24) is 4.90 Å². The molecule has 0 radical (unpaired) electrons. The van der Waals surface area contributed by atoms with Crippen LogP contribution < -0.4 is 9.47 Å². The van der Waals surface area contributed by atoms with Gasteiger partial charge in [-0.05, 0) is 35.6 Å². The average Bonchev–Trinajstić information content (AvgIpc) is 3.27. The molecule has 1 amide bonds. The van der Waals surface area contributed by atoms with E-state index in [1.165, 1.54) is 22.6 Å². The van der Waals surface area contributed by atoms with E-state index in [0.29, 0.717) is 24.6 Å². The first-order valence-electron chi connectivity index (χ1n) is 7.71. The van der Waals surface area contributed by atoms with Gasteiger partial charge < -0.3 is 19.1 Å². The Morgan fingerprint density at radius 3 is 3.08 bits per heavy atom. The molecule has 25 heavy (non-hydrogen) atoms. The maximum absolute atomic E-state index is 12.3. The number of fused-ring (bicyclic) bond motifs is 2. The SMILES string of the molecule is O=C(OCC(=O)N1CCc2sccc2C1)c1cc(Cl)c2c(c1)OCO2. The second-order valence-electron chi connectivity index (χ2n) is 5.70. The first kappa shape index (κ1) is 16.2. The van der Waals surface area contributed by atoms with Gasteiger partial charge >= 0.3 is 5.97 Å². The highest BCUT2D eigenvalue weighted by Crippen LogP contribution is 2.39. The van der Waals surface area contributed by atoms with Crippen LogP contribution in [0.3, 0.4) is 0 Å². The Balaban J connectivity index is 1.38. The van der Waals surface area contributed by atoms with E-state index in [1.807, 2.05) is 11.4 Å². The average molecular weight is 380 g/mol. The molecule has 0 atom stereocenters. The summed E-state index contributed by atoms with van der Waals surface area (Å²) in [6.45, 7) is 0.959. The molecule has 2 aliphatic rings. The predicted octanol–water partition coefficient (Wildman–Crippen LogP) is 2.87. The largest absolute Gasteiger partial charge is 0.454 e. The number of esters is 1. The molecule has 0 unspecified atom stereocenters. The van der Waals surface area contributed by atoms with Crippen molar-refractivity contribution in [2.45, 2.75) is 13.0 Å². The maximum atomic E-state index is 12.3. The third kappa shape index (κ3) is 3.17. The Kier molecular flexibility index (Phi) is 4.27. The molecule has 0 spiro atoms. The van der Waals surface area contributed by atoms with Crippen LogP contribution >= 0.6 is 22.9 Å². The fourth-order valence-corrected chi connectivity index (χ4v) is 4.00. The van der Waals surface area contributed by atoms with Gasteiger partial charge in [-0.2, -0.15) is 0 Å². The van der Waals surface area contributed by atoms with E-state index in [1.54, 1.807) is 16.2 Å². The fraction of sp³-hybridized carbons (Fsp3) is 0.294. The molecule has 8 heteroatoms. The fourth-order valence-electron chi connectivity index (χ4n) is 2.85. The van der Waals surface area contributed by atoms with Crippen molar-refractivity contribution in [2.75, 3.05) is 19.9 Å². The van der Waals surface area contributed by atoms with E-state index >= 15 is 0 Å². The monoisotopic (exact) mass is 379 g/mol. The second kappa shape index (κ2) is 6.57. The zero-order valence-corrected chi connectivity index (χ0v) is 14.7. The standard InChI is InChI=1S/C17H14ClNO5S/c18-12-5-11(6-13-16(12)24-9-23-13)17(21)22-8-15(20)19-3-1-14-10(7-19)2-4-25-14/h2,4-6H,1,3,7-9H2. The van der Waals surface area contributed by atoms with Crippen molar-refractivity contribution >= 4 is 34.8 Å². The normalized spacial score (nSPS) is 15.0. The van der Waals surface area contributed by atoms with Gasteiger partial charge in [0.15, 0.2) is 18.1 Å². The first-order valence-corrected chi connectivity index (χ1v) is 8.97. The lowest BCUT2D eigenvalue weighted by Crippen LogP contribution is -2.38. The van der Waals surface area contributed by atoms with Gasteiger partial charge in [0.2, 0.25) is 6.79 Å². The van der Waals surface area contributed by atoms with Crippen LogP contribution in [0.5, 0.6) is 11.5 Å². The number of hydrogen-bond donors (Lipinski definition) is 0. The van der Waals surface area contributed by atoms with Crippen LogP contribution in [0.25, 0.3) is 0 Å².